The second kappa shape index (κ2) is 4.88. The van der Waals surface area contributed by atoms with Crippen LogP contribution in [0.2, 0.25) is 0 Å². The third-order valence-corrected chi connectivity index (χ3v) is 4.80. The molecule has 3 nitrogen and oxygen atoms in total. The van der Waals surface area contributed by atoms with Gasteiger partial charge >= 0.3 is 5.97 Å². The molecule has 110 valence electrons. The third-order valence-electron chi connectivity index (χ3n) is 3.87. The van der Waals surface area contributed by atoms with Crippen LogP contribution in [0.25, 0.3) is 10.2 Å². The van der Waals surface area contributed by atoms with Gasteiger partial charge in [0.1, 0.15) is 11.6 Å². The number of aryl methyl sites for hydroxylation is 1. The lowest BCUT2D eigenvalue weighted by atomic mass is 9.89. The molecule has 3 aromatic rings. The highest BCUT2D eigenvalue weighted by molar-refractivity contribution is 7.18. The van der Waals surface area contributed by atoms with Gasteiger partial charge in [-0.05, 0) is 42.7 Å². The maximum atomic E-state index is 13.2. The van der Waals surface area contributed by atoms with Crippen molar-refractivity contribution in [1.82, 2.24) is 4.98 Å². The Morgan fingerprint density at radius 1 is 1.27 bits per heavy atom. The monoisotopic (exact) mass is 313 g/mol. The first-order valence-corrected chi connectivity index (χ1v) is 7.79. The van der Waals surface area contributed by atoms with E-state index in [-0.39, 0.29) is 11.9 Å². The predicted octanol–water partition coefficient (Wildman–Crippen LogP) is 3.99. The van der Waals surface area contributed by atoms with Gasteiger partial charge < -0.3 is 4.74 Å². The topological polar surface area (TPSA) is 39.2 Å². The van der Waals surface area contributed by atoms with Crippen molar-refractivity contribution < 1.29 is 13.9 Å². The highest BCUT2D eigenvalue weighted by Crippen LogP contribution is 2.35. The van der Waals surface area contributed by atoms with Gasteiger partial charge in [-0.1, -0.05) is 12.1 Å². The summed E-state index contributed by atoms with van der Waals surface area (Å²) in [5.41, 5.74) is 2.71. The van der Waals surface area contributed by atoms with Crippen molar-refractivity contribution >= 4 is 27.5 Å². The van der Waals surface area contributed by atoms with Crippen molar-refractivity contribution in [2.24, 2.45) is 0 Å². The summed E-state index contributed by atoms with van der Waals surface area (Å²) in [4.78, 5) is 16.7. The Bertz CT molecular complexity index is 903. The van der Waals surface area contributed by atoms with Crippen molar-refractivity contribution in [2.45, 2.75) is 19.3 Å². The Labute approximate surface area is 130 Å². The molecule has 0 spiro atoms. The second-order valence-electron chi connectivity index (χ2n) is 5.39. The number of nitrogens with zero attached hydrogens (tertiary/aromatic N) is 1. The predicted molar refractivity (Wildman–Crippen MR) is 82.8 cm³/mol. The van der Waals surface area contributed by atoms with Gasteiger partial charge in [-0.3, -0.25) is 4.79 Å². The molecule has 0 N–H and O–H groups in total. The summed E-state index contributed by atoms with van der Waals surface area (Å²) >= 11 is 1.61. The Balaban J connectivity index is 1.74. The summed E-state index contributed by atoms with van der Waals surface area (Å²) in [6, 6.07) is 10.2. The maximum absolute atomic E-state index is 13.2. The number of esters is 1. The summed E-state index contributed by atoms with van der Waals surface area (Å²) in [6.45, 7) is 1.96. The molecule has 1 unspecified atom stereocenters. The molecule has 1 aliphatic rings. The van der Waals surface area contributed by atoms with Crippen molar-refractivity contribution in [1.29, 1.82) is 0 Å². The van der Waals surface area contributed by atoms with Crippen LogP contribution in [0.1, 0.15) is 22.1 Å². The number of ether oxygens (including phenoxy) is 1. The summed E-state index contributed by atoms with van der Waals surface area (Å²) in [5.74, 6) is -0.758. The smallest absolute Gasteiger partial charge is 0.319 e. The van der Waals surface area contributed by atoms with E-state index in [2.05, 4.69) is 4.98 Å². The molecule has 0 fully saturated rings. The van der Waals surface area contributed by atoms with Crippen LogP contribution in [0.3, 0.4) is 0 Å². The number of benzene rings is 2. The second-order valence-corrected chi connectivity index (χ2v) is 6.62. The minimum atomic E-state index is -0.397. The Kier molecular flexibility index (Phi) is 2.97. The molecular formula is C17H12FNO2S. The average Bonchev–Trinajstić information content (AvgIpc) is 2.85. The minimum Gasteiger partial charge on any atom is -0.426 e. The van der Waals surface area contributed by atoms with Crippen LogP contribution < -0.4 is 4.74 Å². The molecule has 2 heterocycles. The van der Waals surface area contributed by atoms with Gasteiger partial charge in [-0.2, -0.15) is 0 Å². The van der Waals surface area contributed by atoms with Gasteiger partial charge in [-0.15, -0.1) is 11.3 Å². The van der Waals surface area contributed by atoms with E-state index in [4.69, 9.17) is 4.74 Å². The first kappa shape index (κ1) is 13.4. The number of rotatable bonds is 1. The fourth-order valence-electron chi connectivity index (χ4n) is 2.80. The van der Waals surface area contributed by atoms with Crippen LogP contribution in [0, 0.1) is 12.7 Å². The van der Waals surface area contributed by atoms with E-state index in [1.165, 1.54) is 12.1 Å². The summed E-state index contributed by atoms with van der Waals surface area (Å²) in [6.07, 6.45) is 0.526. The average molecular weight is 313 g/mol. The SMILES string of the molecule is Cc1nc2ccc(C3Cc4ccc(F)cc4OC3=O)cc2s1. The number of carbonyl (C=O) groups is 1. The number of fused-ring (bicyclic) bond motifs is 2. The molecule has 0 aliphatic carbocycles. The van der Waals surface area contributed by atoms with Crippen LogP contribution >= 0.6 is 11.3 Å². The number of hydrogen-bond donors (Lipinski definition) is 0. The van der Waals surface area contributed by atoms with Gasteiger partial charge in [0.05, 0.1) is 21.1 Å². The van der Waals surface area contributed by atoms with E-state index in [9.17, 15) is 9.18 Å². The molecule has 4 rings (SSSR count). The largest absolute Gasteiger partial charge is 0.426 e. The molecule has 2 aromatic carbocycles. The third kappa shape index (κ3) is 2.18. The summed E-state index contributed by atoms with van der Waals surface area (Å²) < 4.78 is 19.6. The van der Waals surface area contributed by atoms with Crippen LogP contribution in [0.15, 0.2) is 36.4 Å². The van der Waals surface area contributed by atoms with Crippen LogP contribution in [-0.4, -0.2) is 11.0 Å². The molecule has 0 amide bonds. The fraction of sp³-hybridized carbons (Fsp3) is 0.176. The van der Waals surface area contributed by atoms with Crippen molar-refractivity contribution in [3.05, 3.63) is 58.3 Å². The van der Waals surface area contributed by atoms with E-state index in [0.29, 0.717) is 12.2 Å². The lowest BCUT2D eigenvalue weighted by Crippen LogP contribution is -2.26. The quantitative estimate of drug-likeness (QED) is 0.504. The molecule has 1 aromatic heterocycles. The molecular weight excluding hydrogens is 301 g/mol. The Morgan fingerprint density at radius 2 is 2.14 bits per heavy atom. The van der Waals surface area contributed by atoms with E-state index < -0.39 is 5.82 Å². The van der Waals surface area contributed by atoms with Gasteiger partial charge in [0.15, 0.2) is 0 Å². The highest BCUT2D eigenvalue weighted by Gasteiger charge is 2.30. The zero-order chi connectivity index (χ0) is 15.3. The maximum Gasteiger partial charge on any atom is 0.319 e. The molecule has 0 saturated heterocycles. The number of aromatic nitrogens is 1. The lowest BCUT2D eigenvalue weighted by molar-refractivity contribution is -0.137. The molecule has 0 radical (unpaired) electrons. The zero-order valence-electron chi connectivity index (χ0n) is 11.8. The fourth-order valence-corrected chi connectivity index (χ4v) is 3.68. The van der Waals surface area contributed by atoms with Crippen molar-refractivity contribution in [3.63, 3.8) is 0 Å². The van der Waals surface area contributed by atoms with E-state index in [1.54, 1.807) is 17.4 Å². The standard InChI is InChI=1S/C17H12FNO2S/c1-9-19-14-5-3-10(7-16(14)22-9)13-6-11-2-4-12(18)8-15(11)21-17(13)20/h2-5,7-8,13H,6H2,1H3. The number of halogens is 1. The number of hydrogen-bond acceptors (Lipinski definition) is 4. The van der Waals surface area contributed by atoms with E-state index in [1.807, 2.05) is 25.1 Å². The normalized spacial score (nSPS) is 17.4. The molecule has 1 aliphatic heterocycles. The van der Waals surface area contributed by atoms with Crippen LogP contribution in [0.5, 0.6) is 5.75 Å². The van der Waals surface area contributed by atoms with Crippen molar-refractivity contribution in [2.75, 3.05) is 0 Å². The highest BCUT2D eigenvalue weighted by atomic mass is 32.1. The summed E-state index contributed by atoms with van der Waals surface area (Å²) in [7, 11) is 0. The Hall–Kier alpha value is -2.27. The zero-order valence-corrected chi connectivity index (χ0v) is 12.6. The van der Waals surface area contributed by atoms with Crippen LogP contribution in [0.4, 0.5) is 4.39 Å². The Morgan fingerprint density at radius 3 is 3.00 bits per heavy atom. The minimum absolute atomic E-state index is 0.330. The molecule has 1 atom stereocenters. The number of carbonyl (C=O) groups excluding carboxylic acids is 1. The molecule has 0 bridgehead atoms. The molecule has 5 heteroatoms. The van der Waals surface area contributed by atoms with E-state index in [0.717, 1.165) is 26.4 Å². The first-order valence-electron chi connectivity index (χ1n) is 6.97. The van der Waals surface area contributed by atoms with Gasteiger partial charge in [-0.25, -0.2) is 9.37 Å². The van der Waals surface area contributed by atoms with Crippen molar-refractivity contribution in [3.8, 4) is 5.75 Å². The van der Waals surface area contributed by atoms with Gasteiger partial charge in [0.25, 0.3) is 0 Å². The van der Waals surface area contributed by atoms with E-state index >= 15 is 0 Å². The number of thiazole rings is 1. The first-order chi connectivity index (χ1) is 10.6. The van der Waals surface area contributed by atoms with Gasteiger partial charge in [0.2, 0.25) is 0 Å². The summed E-state index contributed by atoms with van der Waals surface area (Å²) in [5, 5.41) is 0.999. The molecule has 0 saturated carbocycles. The lowest BCUT2D eigenvalue weighted by Gasteiger charge is -2.23. The van der Waals surface area contributed by atoms with Gasteiger partial charge in [0, 0.05) is 6.07 Å². The molecule has 22 heavy (non-hydrogen) atoms. The van der Waals surface area contributed by atoms with Crippen LogP contribution in [-0.2, 0) is 11.2 Å².